The minimum absolute atomic E-state index is 0.0272. The highest BCUT2D eigenvalue weighted by atomic mass is 16.5. The molecule has 11 heteroatoms. The summed E-state index contributed by atoms with van der Waals surface area (Å²) in [7, 11) is 0. The van der Waals surface area contributed by atoms with Gasteiger partial charge in [0.15, 0.2) is 5.82 Å². The molecule has 0 atom stereocenters. The molecule has 1 aliphatic heterocycles. The lowest BCUT2D eigenvalue weighted by atomic mass is 10.2. The summed E-state index contributed by atoms with van der Waals surface area (Å²) in [5, 5.41) is 15.5. The Labute approximate surface area is 187 Å². The topological polar surface area (TPSA) is 131 Å². The van der Waals surface area contributed by atoms with Crippen molar-refractivity contribution in [2.24, 2.45) is 0 Å². The molecule has 4 aromatic heterocycles. The standard InChI is InChI=1S/C22H23N7O4/c1-14-12-17(26-33-14)24-21(30)15-13-16-20(25-18-4-2-3-5-28(18)22(16)31)29(19(15)23)7-6-27-8-10-32-11-9-27/h2-5,12-13,23H,6-11H2,1H3,(H,24,26,30). The van der Waals surface area contributed by atoms with Crippen molar-refractivity contribution in [2.75, 3.05) is 38.2 Å². The average Bonchev–Trinajstić information content (AvgIpc) is 3.23. The first-order valence-electron chi connectivity index (χ1n) is 10.7. The van der Waals surface area contributed by atoms with E-state index in [1.54, 1.807) is 42.0 Å². The van der Waals surface area contributed by atoms with Crippen molar-refractivity contribution >= 4 is 28.4 Å². The second kappa shape index (κ2) is 8.60. The maximum Gasteiger partial charge on any atom is 0.267 e. The van der Waals surface area contributed by atoms with Gasteiger partial charge in [-0.1, -0.05) is 11.2 Å². The predicted molar refractivity (Wildman–Crippen MR) is 119 cm³/mol. The zero-order chi connectivity index (χ0) is 22.9. The third-order valence-corrected chi connectivity index (χ3v) is 5.68. The number of nitrogens with one attached hydrogen (secondary N) is 2. The largest absolute Gasteiger partial charge is 0.379 e. The number of carbonyl (C=O) groups excluding carboxylic acids is 1. The Morgan fingerprint density at radius 1 is 1.21 bits per heavy atom. The van der Waals surface area contributed by atoms with Gasteiger partial charge in [0.2, 0.25) is 0 Å². The number of nitrogens with zero attached hydrogens (tertiary/aromatic N) is 5. The van der Waals surface area contributed by atoms with Gasteiger partial charge in [0.25, 0.3) is 11.5 Å². The fourth-order valence-electron chi connectivity index (χ4n) is 3.95. The van der Waals surface area contributed by atoms with E-state index in [1.165, 1.54) is 10.5 Å². The Hall–Kier alpha value is -3.83. The monoisotopic (exact) mass is 449 g/mol. The molecule has 0 bridgehead atoms. The van der Waals surface area contributed by atoms with Gasteiger partial charge in [0.1, 0.15) is 22.5 Å². The SMILES string of the molecule is Cc1cc(NC(=O)c2cc3c(=O)n4ccccc4nc3n(CCN3CCOCC3)c2=N)no1. The number of morpholine rings is 1. The van der Waals surface area contributed by atoms with Crippen LogP contribution in [0.2, 0.25) is 0 Å². The van der Waals surface area contributed by atoms with E-state index in [2.05, 4.69) is 20.4 Å². The summed E-state index contributed by atoms with van der Waals surface area (Å²) in [5.74, 6) is 0.238. The average molecular weight is 449 g/mol. The minimum Gasteiger partial charge on any atom is -0.379 e. The van der Waals surface area contributed by atoms with Gasteiger partial charge in [0, 0.05) is 38.4 Å². The summed E-state index contributed by atoms with van der Waals surface area (Å²) in [4.78, 5) is 33.2. The Morgan fingerprint density at radius 3 is 2.79 bits per heavy atom. The lowest BCUT2D eigenvalue weighted by molar-refractivity contribution is 0.0363. The van der Waals surface area contributed by atoms with Crippen LogP contribution in [0.5, 0.6) is 0 Å². The molecular formula is C22H23N7O4. The fraction of sp³-hybridized carbons (Fsp3) is 0.318. The third kappa shape index (κ3) is 4.03. The minimum atomic E-state index is -0.548. The maximum atomic E-state index is 13.3. The summed E-state index contributed by atoms with van der Waals surface area (Å²) in [5.41, 5.74) is 0.575. The van der Waals surface area contributed by atoms with Gasteiger partial charge in [-0.2, -0.15) is 0 Å². The highest BCUT2D eigenvalue weighted by molar-refractivity contribution is 6.05. The molecule has 0 spiro atoms. The van der Waals surface area contributed by atoms with E-state index in [1.807, 2.05) is 0 Å². The quantitative estimate of drug-likeness (QED) is 0.435. The highest BCUT2D eigenvalue weighted by Crippen LogP contribution is 2.13. The molecule has 5 heterocycles. The molecule has 0 radical (unpaired) electrons. The van der Waals surface area contributed by atoms with Gasteiger partial charge in [-0.3, -0.25) is 24.3 Å². The number of amides is 1. The van der Waals surface area contributed by atoms with Crippen LogP contribution in [-0.4, -0.2) is 62.8 Å². The van der Waals surface area contributed by atoms with Crippen molar-refractivity contribution < 1.29 is 14.1 Å². The maximum absolute atomic E-state index is 13.3. The number of hydrogen-bond acceptors (Lipinski definition) is 8. The molecule has 5 rings (SSSR count). The molecule has 1 amide bonds. The van der Waals surface area contributed by atoms with Gasteiger partial charge in [-0.25, -0.2) is 4.98 Å². The van der Waals surface area contributed by atoms with Crippen LogP contribution < -0.4 is 16.4 Å². The van der Waals surface area contributed by atoms with Gasteiger partial charge in [-0.05, 0) is 25.1 Å². The summed E-state index contributed by atoms with van der Waals surface area (Å²) >= 11 is 0. The Kier molecular flexibility index (Phi) is 5.48. The number of aryl methyl sites for hydroxylation is 1. The van der Waals surface area contributed by atoms with Crippen LogP contribution in [0.1, 0.15) is 16.1 Å². The van der Waals surface area contributed by atoms with Crippen LogP contribution in [0.4, 0.5) is 5.82 Å². The molecule has 33 heavy (non-hydrogen) atoms. The Bertz CT molecular complexity index is 1460. The van der Waals surface area contributed by atoms with E-state index < -0.39 is 5.91 Å². The molecule has 170 valence electrons. The number of fused-ring (bicyclic) bond motifs is 2. The van der Waals surface area contributed by atoms with Gasteiger partial charge >= 0.3 is 0 Å². The third-order valence-electron chi connectivity index (χ3n) is 5.68. The van der Waals surface area contributed by atoms with Gasteiger partial charge in [0.05, 0.1) is 24.2 Å². The van der Waals surface area contributed by atoms with E-state index in [4.69, 9.17) is 14.7 Å². The lowest BCUT2D eigenvalue weighted by Gasteiger charge is -2.27. The summed E-state index contributed by atoms with van der Waals surface area (Å²) in [6, 6.07) is 8.30. The first-order chi connectivity index (χ1) is 16.0. The molecule has 0 saturated carbocycles. The summed E-state index contributed by atoms with van der Waals surface area (Å²) < 4.78 is 13.5. The molecular weight excluding hydrogens is 426 g/mol. The number of anilines is 1. The lowest BCUT2D eigenvalue weighted by Crippen LogP contribution is -2.40. The van der Waals surface area contributed by atoms with Crippen molar-refractivity contribution in [3.63, 3.8) is 0 Å². The first-order valence-corrected chi connectivity index (χ1v) is 10.7. The van der Waals surface area contributed by atoms with Crippen molar-refractivity contribution in [3.8, 4) is 0 Å². The molecule has 1 saturated heterocycles. The van der Waals surface area contributed by atoms with Crippen LogP contribution in [0.25, 0.3) is 16.7 Å². The fourth-order valence-corrected chi connectivity index (χ4v) is 3.95. The Morgan fingerprint density at radius 2 is 2.03 bits per heavy atom. The zero-order valence-electron chi connectivity index (χ0n) is 18.1. The van der Waals surface area contributed by atoms with E-state index in [9.17, 15) is 9.59 Å². The number of aromatic nitrogens is 4. The normalized spacial score (nSPS) is 14.7. The van der Waals surface area contributed by atoms with Crippen LogP contribution in [-0.2, 0) is 11.3 Å². The van der Waals surface area contributed by atoms with E-state index in [0.29, 0.717) is 43.4 Å². The Balaban J connectivity index is 1.63. The van der Waals surface area contributed by atoms with Crippen molar-refractivity contribution in [1.82, 2.24) is 24.0 Å². The molecule has 0 unspecified atom stereocenters. The van der Waals surface area contributed by atoms with Crippen LogP contribution in [0.3, 0.4) is 0 Å². The van der Waals surface area contributed by atoms with Crippen molar-refractivity contribution in [3.05, 3.63) is 63.7 Å². The van der Waals surface area contributed by atoms with Gasteiger partial charge < -0.3 is 19.1 Å². The second-order valence-electron chi connectivity index (χ2n) is 7.87. The number of pyridine rings is 2. The zero-order valence-corrected chi connectivity index (χ0v) is 18.1. The van der Waals surface area contributed by atoms with Crippen molar-refractivity contribution in [2.45, 2.75) is 13.5 Å². The summed E-state index contributed by atoms with van der Waals surface area (Å²) in [6.45, 7) is 5.64. The molecule has 11 nitrogen and oxygen atoms in total. The number of rotatable bonds is 5. The van der Waals surface area contributed by atoms with E-state index in [0.717, 1.165) is 13.1 Å². The van der Waals surface area contributed by atoms with Crippen LogP contribution >= 0.6 is 0 Å². The van der Waals surface area contributed by atoms with Crippen LogP contribution in [0.15, 0.2) is 45.8 Å². The van der Waals surface area contributed by atoms with E-state index in [-0.39, 0.29) is 27.8 Å². The molecule has 1 aliphatic rings. The highest BCUT2D eigenvalue weighted by Gasteiger charge is 2.19. The molecule has 0 aromatic carbocycles. The second-order valence-corrected chi connectivity index (χ2v) is 7.87. The van der Waals surface area contributed by atoms with Gasteiger partial charge in [-0.15, -0.1) is 0 Å². The molecule has 4 aromatic rings. The smallest absolute Gasteiger partial charge is 0.267 e. The van der Waals surface area contributed by atoms with Crippen LogP contribution in [0, 0.1) is 12.3 Å². The number of hydrogen-bond donors (Lipinski definition) is 2. The number of carbonyl (C=O) groups is 1. The number of ether oxygens (including phenoxy) is 1. The first kappa shape index (κ1) is 21.0. The predicted octanol–water partition coefficient (Wildman–Crippen LogP) is 1.01. The summed E-state index contributed by atoms with van der Waals surface area (Å²) in [6.07, 6.45) is 1.63. The van der Waals surface area contributed by atoms with Crippen molar-refractivity contribution in [1.29, 1.82) is 5.41 Å². The molecule has 0 aliphatic carbocycles. The van der Waals surface area contributed by atoms with E-state index >= 15 is 0 Å². The molecule has 1 fully saturated rings. The molecule has 2 N–H and O–H groups in total.